The fraction of sp³-hybridized carbons (Fsp3) is 0.250. The normalized spacial score (nSPS) is 12.2. The predicted molar refractivity (Wildman–Crippen MR) is 70.7 cm³/mol. The number of amides is 1. The van der Waals surface area contributed by atoms with Crippen LogP contribution < -0.4 is 5.32 Å². The lowest BCUT2D eigenvalue weighted by molar-refractivity contribution is -0.116. The quantitative estimate of drug-likeness (QED) is 0.901. The molecule has 0 aliphatic rings. The van der Waals surface area contributed by atoms with Gasteiger partial charge in [0.1, 0.15) is 18.1 Å². The van der Waals surface area contributed by atoms with Crippen LogP contribution in [0.1, 0.15) is 18.7 Å². The maximum Gasteiger partial charge on any atom is 0.246 e. The van der Waals surface area contributed by atoms with Crippen LogP contribution in [0.5, 0.6) is 0 Å². The molecule has 0 fully saturated rings. The molecule has 8 heteroatoms. The number of benzene rings is 1. The molecule has 6 nitrogen and oxygen atoms in total. The van der Waals surface area contributed by atoms with Crippen LogP contribution in [-0.4, -0.2) is 26.0 Å². The number of nitrogens with one attached hydrogen (secondary N) is 1. The van der Waals surface area contributed by atoms with Crippen LogP contribution in [0, 0.1) is 5.82 Å². The number of carbonyl (C=O) groups excluding carboxylic acids is 1. The van der Waals surface area contributed by atoms with Gasteiger partial charge in [-0.05, 0) is 25.1 Å². The molecule has 2 N–H and O–H groups in total. The second-order valence-corrected chi connectivity index (χ2v) is 4.60. The van der Waals surface area contributed by atoms with Gasteiger partial charge in [0.25, 0.3) is 0 Å². The number of aliphatic hydroxyl groups is 1. The van der Waals surface area contributed by atoms with Crippen LogP contribution in [0.25, 0.3) is 0 Å². The lowest BCUT2D eigenvalue weighted by Gasteiger charge is -2.06. The molecule has 2 aromatic rings. The predicted octanol–water partition coefficient (Wildman–Crippen LogP) is 1.76. The zero-order valence-electron chi connectivity index (χ0n) is 10.5. The minimum Gasteiger partial charge on any atom is -0.387 e. The van der Waals surface area contributed by atoms with E-state index in [1.54, 1.807) is 6.92 Å². The standard InChI is InChI=1S/C12H12ClFN4O2/c1-7(19)11-5-18(17-16-11)6-12(20)15-10-3-2-8(14)4-9(10)13/h2-5,7,19H,6H2,1H3,(H,15,20). The third-order valence-corrected chi connectivity index (χ3v) is 2.81. The van der Waals surface area contributed by atoms with Crippen LogP contribution in [-0.2, 0) is 11.3 Å². The molecule has 1 unspecified atom stereocenters. The lowest BCUT2D eigenvalue weighted by atomic mass is 10.3. The van der Waals surface area contributed by atoms with Gasteiger partial charge < -0.3 is 10.4 Å². The molecule has 106 valence electrons. The highest BCUT2D eigenvalue weighted by Crippen LogP contribution is 2.22. The summed E-state index contributed by atoms with van der Waals surface area (Å²) in [6, 6.07) is 3.68. The van der Waals surface area contributed by atoms with Crippen molar-refractivity contribution in [2.75, 3.05) is 5.32 Å². The Balaban J connectivity index is 2.01. The van der Waals surface area contributed by atoms with E-state index in [0.717, 1.165) is 6.07 Å². The van der Waals surface area contributed by atoms with Gasteiger partial charge in [0.05, 0.1) is 23.0 Å². The van der Waals surface area contributed by atoms with Crippen molar-refractivity contribution in [2.24, 2.45) is 0 Å². The van der Waals surface area contributed by atoms with E-state index in [4.69, 9.17) is 11.6 Å². The van der Waals surface area contributed by atoms with Crippen LogP contribution >= 0.6 is 11.6 Å². The summed E-state index contributed by atoms with van der Waals surface area (Å²) < 4.78 is 14.2. The first-order valence-electron chi connectivity index (χ1n) is 5.78. The first-order valence-corrected chi connectivity index (χ1v) is 6.16. The van der Waals surface area contributed by atoms with Crippen molar-refractivity contribution in [1.29, 1.82) is 0 Å². The van der Waals surface area contributed by atoms with Gasteiger partial charge in [-0.1, -0.05) is 16.8 Å². The number of rotatable bonds is 4. The van der Waals surface area contributed by atoms with Gasteiger partial charge in [-0.3, -0.25) is 4.79 Å². The lowest BCUT2D eigenvalue weighted by Crippen LogP contribution is -2.19. The fourth-order valence-electron chi connectivity index (χ4n) is 1.51. The van der Waals surface area contributed by atoms with Crippen LogP contribution in [0.3, 0.4) is 0 Å². The highest BCUT2D eigenvalue weighted by molar-refractivity contribution is 6.33. The monoisotopic (exact) mass is 298 g/mol. The molecule has 2 rings (SSSR count). The Hall–Kier alpha value is -1.99. The summed E-state index contributed by atoms with van der Waals surface area (Å²) in [5.41, 5.74) is 0.687. The molecule has 0 bridgehead atoms. The highest BCUT2D eigenvalue weighted by atomic mass is 35.5. The number of nitrogens with zero attached hydrogens (tertiary/aromatic N) is 3. The third kappa shape index (κ3) is 3.52. The number of halogens is 2. The van der Waals surface area contributed by atoms with Crippen LogP contribution in [0.15, 0.2) is 24.4 Å². The zero-order valence-corrected chi connectivity index (χ0v) is 11.3. The second-order valence-electron chi connectivity index (χ2n) is 4.19. The summed E-state index contributed by atoms with van der Waals surface area (Å²) in [5.74, 6) is -0.869. The number of aliphatic hydroxyl groups excluding tert-OH is 1. The van der Waals surface area contributed by atoms with Gasteiger partial charge in [0, 0.05) is 0 Å². The number of hydrogen-bond acceptors (Lipinski definition) is 4. The highest BCUT2D eigenvalue weighted by Gasteiger charge is 2.11. The van der Waals surface area contributed by atoms with Crippen LogP contribution in [0.4, 0.5) is 10.1 Å². The van der Waals surface area contributed by atoms with E-state index in [2.05, 4.69) is 15.6 Å². The minimum absolute atomic E-state index is 0.0899. The van der Waals surface area contributed by atoms with Crippen molar-refractivity contribution < 1.29 is 14.3 Å². The molecule has 0 spiro atoms. The van der Waals surface area contributed by atoms with E-state index in [-0.39, 0.29) is 17.5 Å². The van der Waals surface area contributed by atoms with E-state index < -0.39 is 11.9 Å². The molecule has 0 saturated carbocycles. The van der Waals surface area contributed by atoms with Gasteiger partial charge in [-0.25, -0.2) is 9.07 Å². The largest absolute Gasteiger partial charge is 0.387 e. The summed E-state index contributed by atoms with van der Waals surface area (Å²) in [6.45, 7) is 1.46. The van der Waals surface area contributed by atoms with Gasteiger partial charge in [-0.2, -0.15) is 0 Å². The van der Waals surface area contributed by atoms with Crippen molar-refractivity contribution in [3.05, 3.63) is 40.9 Å². The SMILES string of the molecule is CC(O)c1cn(CC(=O)Nc2ccc(F)cc2Cl)nn1. The summed E-state index contributed by atoms with van der Waals surface area (Å²) in [6.07, 6.45) is 0.717. The Labute approximate surface area is 119 Å². The van der Waals surface area contributed by atoms with Crippen molar-refractivity contribution in [1.82, 2.24) is 15.0 Å². The molecule has 0 aliphatic carbocycles. The van der Waals surface area contributed by atoms with Gasteiger partial charge in [-0.15, -0.1) is 5.10 Å². The van der Waals surface area contributed by atoms with E-state index in [0.29, 0.717) is 11.4 Å². The first-order chi connectivity index (χ1) is 9.45. The van der Waals surface area contributed by atoms with Gasteiger partial charge >= 0.3 is 0 Å². The summed E-state index contributed by atoms with van der Waals surface area (Å²) in [7, 11) is 0. The average Bonchev–Trinajstić information content (AvgIpc) is 2.81. The Kier molecular flexibility index (Phi) is 4.31. The Morgan fingerprint density at radius 2 is 2.35 bits per heavy atom. The molecule has 0 radical (unpaired) electrons. The Morgan fingerprint density at radius 1 is 1.60 bits per heavy atom. The minimum atomic E-state index is -0.752. The molecule has 1 aromatic carbocycles. The topological polar surface area (TPSA) is 80.0 Å². The molecule has 0 aliphatic heterocycles. The fourth-order valence-corrected chi connectivity index (χ4v) is 1.72. The number of hydrogen-bond donors (Lipinski definition) is 2. The van der Waals surface area contributed by atoms with Crippen molar-refractivity contribution in [3.63, 3.8) is 0 Å². The molecule has 1 aromatic heterocycles. The molecule has 0 saturated heterocycles. The maximum absolute atomic E-state index is 12.9. The summed E-state index contributed by atoms with van der Waals surface area (Å²) in [5, 5.41) is 19.4. The Bertz CT molecular complexity index is 630. The van der Waals surface area contributed by atoms with Gasteiger partial charge in [0.2, 0.25) is 5.91 Å². The summed E-state index contributed by atoms with van der Waals surface area (Å²) in [4.78, 5) is 11.8. The zero-order chi connectivity index (χ0) is 14.7. The van der Waals surface area contributed by atoms with Crippen molar-refractivity contribution in [2.45, 2.75) is 19.6 Å². The van der Waals surface area contributed by atoms with E-state index >= 15 is 0 Å². The molecule has 1 amide bonds. The summed E-state index contributed by atoms with van der Waals surface area (Å²) >= 11 is 5.80. The first kappa shape index (κ1) is 14.4. The van der Waals surface area contributed by atoms with Crippen LogP contribution in [0.2, 0.25) is 5.02 Å². The van der Waals surface area contributed by atoms with Gasteiger partial charge in [0.15, 0.2) is 0 Å². The van der Waals surface area contributed by atoms with E-state index in [1.165, 1.54) is 23.0 Å². The average molecular weight is 299 g/mol. The third-order valence-electron chi connectivity index (χ3n) is 2.50. The maximum atomic E-state index is 12.9. The Morgan fingerprint density at radius 3 is 2.95 bits per heavy atom. The van der Waals surface area contributed by atoms with E-state index in [9.17, 15) is 14.3 Å². The second kappa shape index (κ2) is 5.98. The number of anilines is 1. The molecular formula is C12H12ClFN4O2. The number of carbonyl (C=O) groups is 1. The van der Waals surface area contributed by atoms with E-state index in [1.807, 2.05) is 0 Å². The molecular weight excluding hydrogens is 287 g/mol. The number of aromatic nitrogens is 3. The molecule has 1 atom stereocenters. The van der Waals surface area contributed by atoms with Crippen molar-refractivity contribution >= 4 is 23.2 Å². The smallest absolute Gasteiger partial charge is 0.246 e. The molecule has 1 heterocycles. The molecule has 20 heavy (non-hydrogen) atoms. The van der Waals surface area contributed by atoms with Crippen molar-refractivity contribution in [3.8, 4) is 0 Å².